The van der Waals surface area contributed by atoms with Gasteiger partial charge >= 0.3 is 0 Å². The van der Waals surface area contributed by atoms with Crippen molar-refractivity contribution in [2.24, 2.45) is 5.92 Å². The molecule has 5 heteroatoms. The van der Waals surface area contributed by atoms with Crippen molar-refractivity contribution in [1.82, 2.24) is 10.3 Å². The fourth-order valence-electron chi connectivity index (χ4n) is 2.61. The number of pyridine rings is 1. The van der Waals surface area contributed by atoms with Gasteiger partial charge in [-0.2, -0.15) is 0 Å². The molecule has 1 aromatic carbocycles. The summed E-state index contributed by atoms with van der Waals surface area (Å²) in [5, 5.41) is 2.88. The zero-order chi connectivity index (χ0) is 15.4. The summed E-state index contributed by atoms with van der Waals surface area (Å²) in [7, 11) is 0. The standard InChI is InChI=1S/C17H17N3O2/c21-16-9-13(12-20(16)15-6-2-1-3-7-15)10-19-17(22)14-5-4-8-18-11-14/h1-8,11,13H,9-10,12H2,(H,19,22). The number of anilines is 1. The van der Waals surface area contributed by atoms with Gasteiger partial charge in [-0.25, -0.2) is 0 Å². The molecule has 2 amide bonds. The van der Waals surface area contributed by atoms with Gasteiger partial charge in [-0.05, 0) is 24.3 Å². The summed E-state index contributed by atoms with van der Waals surface area (Å²) < 4.78 is 0. The van der Waals surface area contributed by atoms with Gasteiger partial charge in [-0.1, -0.05) is 18.2 Å². The lowest BCUT2D eigenvalue weighted by molar-refractivity contribution is -0.117. The van der Waals surface area contributed by atoms with Crippen LogP contribution in [0.15, 0.2) is 54.9 Å². The fraction of sp³-hybridized carbons (Fsp3) is 0.235. The van der Waals surface area contributed by atoms with E-state index in [1.807, 2.05) is 30.3 Å². The third kappa shape index (κ3) is 3.14. The van der Waals surface area contributed by atoms with Gasteiger partial charge < -0.3 is 10.2 Å². The molecule has 0 aliphatic carbocycles. The highest BCUT2D eigenvalue weighted by Crippen LogP contribution is 2.24. The van der Waals surface area contributed by atoms with E-state index in [4.69, 9.17) is 0 Å². The Bertz CT molecular complexity index is 658. The van der Waals surface area contributed by atoms with E-state index >= 15 is 0 Å². The first-order valence-electron chi connectivity index (χ1n) is 7.27. The van der Waals surface area contributed by atoms with Gasteiger partial charge in [0.05, 0.1) is 5.56 Å². The molecule has 1 saturated heterocycles. The van der Waals surface area contributed by atoms with Gasteiger partial charge in [-0.15, -0.1) is 0 Å². The summed E-state index contributed by atoms with van der Waals surface area (Å²) in [4.78, 5) is 29.8. The van der Waals surface area contributed by atoms with Gasteiger partial charge in [0.25, 0.3) is 5.91 Å². The number of carbonyl (C=O) groups is 2. The van der Waals surface area contributed by atoms with Crippen molar-refractivity contribution in [2.75, 3.05) is 18.0 Å². The maximum Gasteiger partial charge on any atom is 0.252 e. The highest BCUT2D eigenvalue weighted by molar-refractivity contribution is 5.96. The number of nitrogens with zero attached hydrogens (tertiary/aromatic N) is 2. The third-order valence-electron chi connectivity index (χ3n) is 3.75. The Morgan fingerprint density at radius 3 is 2.77 bits per heavy atom. The number of para-hydroxylation sites is 1. The molecule has 0 radical (unpaired) electrons. The molecule has 5 nitrogen and oxygen atoms in total. The maximum absolute atomic E-state index is 12.1. The monoisotopic (exact) mass is 295 g/mol. The molecular formula is C17H17N3O2. The maximum atomic E-state index is 12.1. The van der Waals surface area contributed by atoms with Crippen molar-refractivity contribution < 1.29 is 9.59 Å². The molecule has 3 rings (SSSR count). The minimum Gasteiger partial charge on any atom is -0.352 e. The number of nitrogens with one attached hydrogen (secondary N) is 1. The van der Waals surface area contributed by atoms with E-state index in [9.17, 15) is 9.59 Å². The quantitative estimate of drug-likeness (QED) is 0.936. The molecule has 1 aliphatic rings. The average Bonchev–Trinajstić information content (AvgIpc) is 2.95. The molecule has 1 N–H and O–H groups in total. The second kappa shape index (κ2) is 6.39. The summed E-state index contributed by atoms with van der Waals surface area (Å²) in [6, 6.07) is 13.1. The number of benzene rings is 1. The van der Waals surface area contributed by atoms with Crippen LogP contribution < -0.4 is 10.2 Å². The van der Waals surface area contributed by atoms with Gasteiger partial charge in [0.2, 0.25) is 5.91 Å². The van der Waals surface area contributed by atoms with Crippen molar-refractivity contribution in [2.45, 2.75) is 6.42 Å². The van der Waals surface area contributed by atoms with E-state index in [2.05, 4.69) is 10.3 Å². The first-order valence-corrected chi connectivity index (χ1v) is 7.27. The summed E-state index contributed by atoms with van der Waals surface area (Å²) >= 11 is 0. The lowest BCUT2D eigenvalue weighted by Crippen LogP contribution is -2.31. The van der Waals surface area contributed by atoms with Crippen LogP contribution in [0.25, 0.3) is 0 Å². The number of aromatic nitrogens is 1. The van der Waals surface area contributed by atoms with E-state index in [1.165, 1.54) is 6.20 Å². The smallest absolute Gasteiger partial charge is 0.252 e. The van der Waals surface area contributed by atoms with Crippen molar-refractivity contribution in [3.63, 3.8) is 0 Å². The minimum atomic E-state index is -0.154. The molecular weight excluding hydrogens is 278 g/mol. The minimum absolute atomic E-state index is 0.104. The largest absolute Gasteiger partial charge is 0.352 e. The molecule has 0 spiro atoms. The Morgan fingerprint density at radius 2 is 2.05 bits per heavy atom. The van der Waals surface area contributed by atoms with Gasteiger partial charge in [0, 0.05) is 43.5 Å². The number of amides is 2. The highest BCUT2D eigenvalue weighted by atomic mass is 16.2. The van der Waals surface area contributed by atoms with Crippen LogP contribution in [0, 0.1) is 5.92 Å². The average molecular weight is 295 g/mol. The molecule has 0 bridgehead atoms. The van der Waals surface area contributed by atoms with E-state index in [-0.39, 0.29) is 17.7 Å². The third-order valence-corrected chi connectivity index (χ3v) is 3.75. The second-order valence-electron chi connectivity index (χ2n) is 5.36. The topological polar surface area (TPSA) is 62.3 Å². The van der Waals surface area contributed by atoms with Crippen molar-refractivity contribution in [3.05, 3.63) is 60.4 Å². The van der Waals surface area contributed by atoms with Crippen LogP contribution in [-0.4, -0.2) is 29.9 Å². The molecule has 2 heterocycles. The molecule has 2 aromatic rings. The van der Waals surface area contributed by atoms with Crippen LogP contribution >= 0.6 is 0 Å². The van der Waals surface area contributed by atoms with E-state index in [1.54, 1.807) is 23.2 Å². The number of carbonyl (C=O) groups excluding carboxylic acids is 2. The Kier molecular flexibility index (Phi) is 4.14. The number of hydrogen-bond acceptors (Lipinski definition) is 3. The lowest BCUT2D eigenvalue weighted by atomic mass is 10.1. The normalized spacial score (nSPS) is 17.5. The zero-order valence-electron chi connectivity index (χ0n) is 12.1. The van der Waals surface area contributed by atoms with Crippen LogP contribution in [0.5, 0.6) is 0 Å². The zero-order valence-corrected chi connectivity index (χ0v) is 12.1. The molecule has 0 saturated carbocycles. The first kappa shape index (κ1) is 14.3. The van der Waals surface area contributed by atoms with Gasteiger partial charge in [-0.3, -0.25) is 14.6 Å². The Labute approximate surface area is 129 Å². The summed E-state index contributed by atoms with van der Waals surface area (Å²) in [5.74, 6) is 0.0823. The summed E-state index contributed by atoms with van der Waals surface area (Å²) in [5.41, 5.74) is 1.44. The highest BCUT2D eigenvalue weighted by Gasteiger charge is 2.30. The fourth-order valence-corrected chi connectivity index (χ4v) is 2.61. The summed E-state index contributed by atoms with van der Waals surface area (Å²) in [6.45, 7) is 1.12. The van der Waals surface area contributed by atoms with Crippen molar-refractivity contribution >= 4 is 17.5 Å². The SMILES string of the molecule is O=C(NCC1CC(=O)N(c2ccccc2)C1)c1cccnc1. The van der Waals surface area contributed by atoms with E-state index < -0.39 is 0 Å². The van der Waals surface area contributed by atoms with Crippen LogP contribution in [0.3, 0.4) is 0 Å². The lowest BCUT2D eigenvalue weighted by Gasteiger charge is -2.16. The van der Waals surface area contributed by atoms with Crippen LogP contribution in [0.1, 0.15) is 16.8 Å². The van der Waals surface area contributed by atoms with Crippen LogP contribution in [0.4, 0.5) is 5.69 Å². The predicted molar refractivity (Wildman–Crippen MR) is 83.5 cm³/mol. The second-order valence-corrected chi connectivity index (χ2v) is 5.36. The summed E-state index contributed by atoms with van der Waals surface area (Å²) in [6.07, 6.45) is 3.62. The molecule has 22 heavy (non-hydrogen) atoms. The Hall–Kier alpha value is -2.69. The Balaban J connectivity index is 1.57. The van der Waals surface area contributed by atoms with Crippen molar-refractivity contribution in [3.8, 4) is 0 Å². The molecule has 112 valence electrons. The molecule has 1 fully saturated rings. The van der Waals surface area contributed by atoms with Gasteiger partial charge in [0.15, 0.2) is 0 Å². The van der Waals surface area contributed by atoms with Gasteiger partial charge in [0.1, 0.15) is 0 Å². The van der Waals surface area contributed by atoms with Crippen LogP contribution in [0.2, 0.25) is 0 Å². The van der Waals surface area contributed by atoms with E-state index in [0.717, 1.165) is 5.69 Å². The number of rotatable bonds is 4. The Morgan fingerprint density at radius 1 is 1.23 bits per heavy atom. The molecule has 1 aliphatic heterocycles. The first-order chi connectivity index (χ1) is 10.7. The van der Waals surface area contributed by atoms with Crippen molar-refractivity contribution in [1.29, 1.82) is 0 Å². The van der Waals surface area contributed by atoms with E-state index in [0.29, 0.717) is 25.1 Å². The molecule has 1 aromatic heterocycles. The van der Waals surface area contributed by atoms with Crippen LogP contribution in [-0.2, 0) is 4.79 Å². The predicted octanol–water partition coefficient (Wildman–Crippen LogP) is 1.86. The molecule has 1 atom stereocenters. The molecule has 1 unspecified atom stereocenters. The number of hydrogen-bond donors (Lipinski definition) is 1.